The first-order chi connectivity index (χ1) is 9.67. The van der Waals surface area contributed by atoms with E-state index in [1.54, 1.807) is 20.3 Å². The molecule has 20 heavy (non-hydrogen) atoms. The number of ether oxygens (including phenoxy) is 2. The van der Waals surface area contributed by atoms with Crippen molar-refractivity contribution in [3.63, 3.8) is 0 Å². The minimum atomic E-state index is -0.125. The fourth-order valence-electron chi connectivity index (χ4n) is 2.26. The van der Waals surface area contributed by atoms with Gasteiger partial charge in [0, 0.05) is 20.8 Å². The summed E-state index contributed by atoms with van der Waals surface area (Å²) in [4.78, 5) is 0. The minimum absolute atomic E-state index is 0.125. The lowest BCUT2D eigenvalue weighted by Gasteiger charge is -2.21. The lowest BCUT2D eigenvalue weighted by Crippen LogP contribution is -2.29. The molecule has 0 aromatic heterocycles. The van der Waals surface area contributed by atoms with Crippen LogP contribution in [0.4, 0.5) is 4.39 Å². The molecule has 1 rings (SSSR count). The highest BCUT2D eigenvalue weighted by Crippen LogP contribution is 2.17. The van der Waals surface area contributed by atoms with Crippen molar-refractivity contribution in [1.82, 2.24) is 5.32 Å². The Morgan fingerprint density at radius 3 is 2.65 bits per heavy atom. The molecule has 0 fully saturated rings. The van der Waals surface area contributed by atoms with E-state index in [-0.39, 0.29) is 11.9 Å². The molecule has 2 unspecified atom stereocenters. The van der Waals surface area contributed by atoms with Crippen LogP contribution in [0.15, 0.2) is 24.3 Å². The monoisotopic (exact) mass is 283 g/mol. The van der Waals surface area contributed by atoms with Crippen LogP contribution in [0.3, 0.4) is 0 Å². The summed E-state index contributed by atoms with van der Waals surface area (Å²) < 4.78 is 24.1. The van der Waals surface area contributed by atoms with E-state index in [1.165, 1.54) is 6.07 Å². The molecular formula is C16H26FNO2. The summed E-state index contributed by atoms with van der Waals surface area (Å²) in [5.41, 5.74) is 0.773. The highest BCUT2D eigenvalue weighted by molar-refractivity contribution is 5.17. The largest absolute Gasteiger partial charge is 0.383 e. The normalized spacial score (nSPS) is 14.2. The molecule has 0 aliphatic heterocycles. The van der Waals surface area contributed by atoms with E-state index in [2.05, 4.69) is 5.32 Å². The number of methoxy groups -OCH3 is 2. The number of hydrogen-bond acceptors (Lipinski definition) is 3. The van der Waals surface area contributed by atoms with Gasteiger partial charge in [-0.1, -0.05) is 18.2 Å². The average Bonchev–Trinajstić information content (AvgIpc) is 2.45. The zero-order valence-electron chi connectivity index (χ0n) is 12.7. The van der Waals surface area contributed by atoms with Crippen LogP contribution in [0.25, 0.3) is 0 Å². The highest BCUT2D eigenvalue weighted by Gasteiger charge is 2.15. The first-order valence-electron chi connectivity index (χ1n) is 7.13. The van der Waals surface area contributed by atoms with Gasteiger partial charge in [0.25, 0.3) is 0 Å². The van der Waals surface area contributed by atoms with Gasteiger partial charge in [-0.3, -0.25) is 0 Å². The van der Waals surface area contributed by atoms with Crippen molar-refractivity contribution >= 4 is 0 Å². The molecule has 114 valence electrons. The summed E-state index contributed by atoms with van der Waals surface area (Å²) in [6.07, 6.45) is 1.81. The van der Waals surface area contributed by atoms with Gasteiger partial charge in [0.15, 0.2) is 0 Å². The molecule has 1 aromatic rings. The second kappa shape index (κ2) is 9.86. The van der Waals surface area contributed by atoms with Crippen molar-refractivity contribution in [2.75, 3.05) is 33.9 Å². The summed E-state index contributed by atoms with van der Waals surface area (Å²) >= 11 is 0. The van der Waals surface area contributed by atoms with E-state index in [4.69, 9.17) is 9.47 Å². The Hall–Kier alpha value is -0.970. The van der Waals surface area contributed by atoms with Gasteiger partial charge in [-0.15, -0.1) is 0 Å². The molecule has 1 N–H and O–H groups in total. The van der Waals surface area contributed by atoms with Crippen LogP contribution in [0.2, 0.25) is 0 Å². The molecule has 2 atom stereocenters. The summed E-state index contributed by atoms with van der Waals surface area (Å²) in [5, 5.41) is 3.35. The predicted octanol–water partition coefficient (Wildman–Crippen LogP) is 2.65. The van der Waals surface area contributed by atoms with Crippen molar-refractivity contribution in [2.24, 2.45) is 5.92 Å². The number of hydrogen-bond donors (Lipinski definition) is 1. The Morgan fingerprint density at radius 1 is 1.25 bits per heavy atom. The lowest BCUT2D eigenvalue weighted by molar-refractivity contribution is 0.0940. The quantitative estimate of drug-likeness (QED) is 0.670. The van der Waals surface area contributed by atoms with Gasteiger partial charge in [0.05, 0.1) is 12.7 Å². The van der Waals surface area contributed by atoms with Gasteiger partial charge >= 0.3 is 0 Å². The van der Waals surface area contributed by atoms with Crippen LogP contribution in [0.1, 0.15) is 18.9 Å². The van der Waals surface area contributed by atoms with E-state index >= 15 is 0 Å². The molecule has 1 aromatic carbocycles. The van der Waals surface area contributed by atoms with E-state index in [9.17, 15) is 4.39 Å². The average molecular weight is 283 g/mol. The molecule has 0 saturated carbocycles. The van der Waals surface area contributed by atoms with E-state index in [0.717, 1.165) is 31.5 Å². The third kappa shape index (κ3) is 6.46. The summed E-state index contributed by atoms with van der Waals surface area (Å²) in [6, 6.07) is 6.98. The predicted molar refractivity (Wildman–Crippen MR) is 79.4 cm³/mol. The van der Waals surface area contributed by atoms with Crippen LogP contribution in [0, 0.1) is 11.7 Å². The molecule has 0 heterocycles. The van der Waals surface area contributed by atoms with Crippen LogP contribution >= 0.6 is 0 Å². The molecule has 0 aliphatic rings. The van der Waals surface area contributed by atoms with Crippen molar-refractivity contribution < 1.29 is 13.9 Å². The van der Waals surface area contributed by atoms with Crippen LogP contribution < -0.4 is 5.32 Å². The molecular weight excluding hydrogens is 257 g/mol. The SMILES string of the molecule is COCCNCC(Cc1ccccc1F)CC(C)OC. The van der Waals surface area contributed by atoms with Gasteiger partial charge in [0.1, 0.15) is 5.82 Å². The Kier molecular flexibility index (Phi) is 8.42. The van der Waals surface area contributed by atoms with E-state index < -0.39 is 0 Å². The fourth-order valence-corrected chi connectivity index (χ4v) is 2.26. The van der Waals surface area contributed by atoms with Crippen molar-refractivity contribution in [1.29, 1.82) is 0 Å². The maximum absolute atomic E-state index is 13.7. The summed E-state index contributed by atoms with van der Waals surface area (Å²) in [7, 11) is 3.40. The Morgan fingerprint density at radius 2 is 2.00 bits per heavy atom. The number of halogens is 1. The zero-order chi connectivity index (χ0) is 14.8. The Labute approximate surface area is 121 Å². The molecule has 0 spiro atoms. The molecule has 0 bridgehead atoms. The van der Waals surface area contributed by atoms with Crippen molar-refractivity contribution in [3.8, 4) is 0 Å². The minimum Gasteiger partial charge on any atom is -0.383 e. The van der Waals surface area contributed by atoms with Crippen molar-refractivity contribution in [3.05, 3.63) is 35.6 Å². The molecule has 0 aliphatic carbocycles. The third-order valence-electron chi connectivity index (χ3n) is 3.45. The van der Waals surface area contributed by atoms with E-state index in [0.29, 0.717) is 12.5 Å². The zero-order valence-corrected chi connectivity index (χ0v) is 12.7. The van der Waals surface area contributed by atoms with Crippen LogP contribution in [-0.2, 0) is 15.9 Å². The second-order valence-corrected chi connectivity index (χ2v) is 5.14. The van der Waals surface area contributed by atoms with Gasteiger partial charge in [-0.05, 0) is 43.9 Å². The second-order valence-electron chi connectivity index (χ2n) is 5.14. The lowest BCUT2D eigenvalue weighted by atomic mass is 9.93. The molecule has 4 heteroatoms. The number of nitrogens with one attached hydrogen (secondary N) is 1. The highest BCUT2D eigenvalue weighted by atomic mass is 19.1. The van der Waals surface area contributed by atoms with Gasteiger partial charge in [-0.25, -0.2) is 4.39 Å². The van der Waals surface area contributed by atoms with Gasteiger partial charge in [-0.2, -0.15) is 0 Å². The maximum Gasteiger partial charge on any atom is 0.126 e. The third-order valence-corrected chi connectivity index (χ3v) is 3.45. The Balaban J connectivity index is 2.55. The van der Waals surface area contributed by atoms with E-state index in [1.807, 2.05) is 19.1 Å². The first kappa shape index (κ1) is 17.1. The number of benzene rings is 1. The van der Waals surface area contributed by atoms with Gasteiger partial charge in [0.2, 0.25) is 0 Å². The molecule has 0 amide bonds. The number of rotatable bonds is 10. The van der Waals surface area contributed by atoms with Crippen LogP contribution in [0.5, 0.6) is 0 Å². The smallest absolute Gasteiger partial charge is 0.126 e. The molecule has 0 saturated heterocycles. The topological polar surface area (TPSA) is 30.5 Å². The summed E-state index contributed by atoms with van der Waals surface area (Å²) in [6.45, 7) is 4.38. The Bertz CT molecular complexity index is 373. The summed E-state index contributed by atoms with van der Waals surface area (Å²) in [5.74, 6) is 0.221. The van der Waals surface area contributed by atoms with Crippen LogP contribution in [-0.4, -0.2) is 40.0 Å². The fraction of sp³-hybridized carbons (Fsp3) is 0.625. The first-order valence-corrected chi connectivity index (χ1v) is 7.13. The molecule has 0 radical (unpaired) electrons. The van der Waals surface area contributed by atoms with Gasteiger partial charge < -0.3 is 14.8 Å². The standard InChI is InChI=1S/C16H26FNO2/c1-13(20-3)10-14(12-18-8-9-19-2)11-15-6-4-5-7-16(15)17/h4-7,13-14,18H,8-12H2,1-3H3. The molecule has 3 nitrogen and oxygen atoms in total. The van der Waals surface area contributed by atoms with Crippen molar-refractivity contribution in [2.45, 2.75) is 25.9 Å². The maximum atomic E-state index is 13.7.